The van der Waals surface area contributed by atoms with E-state index in [0.29, 0.717) is 0 Å². The van der Waals surface area contributed by atoms with Crippen molar-refractivity contribution >= 4 is 9.84 Å². The highest BCUT2D eigenvalue weighted by Crippen LogP contribution is 2.03. The average Bonchev–Trinajstić information content (AvgIpc) is 2.35. The largest absolute Gasteiger partial charge is 0.308 e. The number of nitrogens with zero attached hydrogens (tertiary/aromatic N) is 4. The van der Waals surface area contributed by atoms with Crippen LogP contribution in [0.3, 0.4) is 0 Å². The molecule has 0 aliphatic rings. The molecule has 1 heterocycles. The second kappa shape index (κ2) is 2.91. The number of hydrogen-bond acceptors (Lipinski definition) is 5. The minimum absolute atomic E-state index is 0.177. The summed E-state index contributed by atoms with van der Waals surface area (Å²) >= 11 is 0. The van der Waals surface area contributed by atoms with Crippen LogP contribution in [0.25, 0.3) is 0 Å². The third kappa shape index (κ3) is 1.43. The van der Waals surface area contributed by atoms with Crippen LogP contribution in [0.15, 0.2) is 11.5 Å². The lowest BCUT2D eigenvalue weighted by Crippen LogP contribution is -2.10. The van der Waals surface area contributed by atoms with Crippen molar-refractivity contribution in [3.63, 3.8) is 0 Å². The van der Waals surface area contributed by atoms with Crippen LogP contribution in [-0.2, 0) is 16.9 Å². The Bertz CT molecular complexity index is 413. The molecule has 1 aromatic rings. The first kappa shape index (κ1) is 8.67. The molecule has 0 saturated heterocycles. The van der Waals surface area contributed by atoms with Gasteiger partial charge in [0.15, 0.2) is 0 Å². The number of aromatic nitrogens is 3. The van der Waals surface area contributed by atoms with Crippen molar-refractivity contribution in [2.75, 3.05) is 5.75 Å². The van der Waals surface area contributed by atoms with Crippen LogP contribution >= 0.6 is 0 Å². The average molecular weight is 186 g/mol. The van der Waals surface area contributed by atoms with E-state index in [1.165, 1.54) is 17.9 Å². The maximum atomic E-state index is 11.2. The molecule has 0 atom stereocenters. The molecule has 0 aliphatic heterocycles. The molecule has 0 aromatic carbocycles. The smallest absolute Gasteiger partial charge is 0.250 e. The summed E-state index contributed by atoms with van der Waals surface area (Å²) in [5.74, 6) is -0.570. The van der Waals surface area contributed by atoms with Crippen LogP contribution in [0, 0.1) is 11.3 Å². The van der Waals surface area contributed by atoms with Gasteiger partial charge in [0.1, 0.15) is 12.1 Å². The van der Waals surface area contributed by atoms with Crippen molar-refractivity contribution in [2.45, 2.75) is 5.16 Å². The van der Waals surface area contributed by atoms with E-state index in [4.69, 9.17) is 5.26 Å². The summed E-state index contributed by atoms with van der Waals surface area (Å²) in [4.78, 5) is 0. The topological polar surface area (TPSA) is 88.6 Å². The monoisotopic (exact) mass is 186 g/mol. The Hall–Kier alpha value is -1.42. The summed E-state index contributed by atoms with van der Waals surface area (Å²) in [5.41, 5.74) is 0. The van der Waals surface area contributed by atoms with E-state index in [9.17, 15) is 8.42 Å². The molecular formula is C5H6N4O2S. The molecule has 6 nitrogen and oxygen atoms in total. The lowest BCUT2D eigenvalue weighted by molar-refractivity contribution is 0.581. The quantitative estimate of drug-likeness (QED) is 0.598. The number of aryl methyl sites for hydroxylation is 1. The number of nitriles is 1. The Morgan fingerprint density at radius 3 is 2.83 bits per heavy atom. The maximum Gasteiger partial charge on any atom is 0.250 e. The Kier molecular flexibility index (Phi) is 2.10. The van der Waals surface area contributed by atoms with Crippen LogP contribution in [0.5, 0.6) is 0 Å². The Labute approximate surface area is 69.4 Å². The van der Waals surface area contributed by atoms with Crippen molar-refractivity contribution in [1.29, 1.82) is 5.26 Å². The first-order chi connectivity index (χ1) is 5.58. The summed E-state index contributed by atoms with van der Waals surface area (Å²) in [6, 6.07) is 1.55. The Morgan fingerprint density at radius 1 is 1.75 bits per heavy atom. The molecule has 0 bridgehead atoms. The fourth-order valence-corrected chi connectivity index (χ4v) is 1.66. The van der Waals surface area contributed by atoms with Crippen LogP contribution in [-0.4, -0.2) is 28.9 Å². The van der Waals surface area contributed by atoms with Gasteiger partial charge in [-0.15, -0.1) is 10.2 Å². The van der Waals surface area contributed by atoms with Crippen LogP contribution in [0.1, 0.15) is 0 Å². The highest BCUT2D eigenvalue weighted by Gasteiger charge is 2.19. The number of sulfone groups is 1. The summed E-state index contributed by atoms with van der Waals surface area (Å²) in [7, 11) is -2.07. The van der Waals surface area contributed by atoms with E-state index in [0.717, 1.165) is 0 Å². The first-order valence-corrected chi connectivity index (χ1v) is 4.67. The van der Waals surface area contributed by atoms with Crippen molar-refractivity contribution in [1.82, 2.24) is 14.8 Å². The predicted molar refractivity (Wildman–Crippen MR) is 38.7 cm³/mol. The van der Waals surface area contributed by atoms with Gasteiger partial charge in [0.05, 0.1) is 6.07 Å². The van der Waals surface area contributed by atoms with Gasteiger partial charge in [-0.05, 0) is 0 Å². The van der Waals surface area contributed by atoms with E-state index in [-0.39, 0.29) is 5.16 Å². The van der Waals surface area contributed by atoms with Gasteiger partial charge < -0.3 is 4.57 Å². The fraction of sp³-hybridized carbons (Fsp3) is 0.400. The Morgan fingerprint density at radius 2 is 2.42 bits per heavy atom. The molecule has 0 N–H and O–H groups in total. The molecule has 64 valence electrons. The Balaban J connectivity index is 3.17. The molecular weight excluding hydrogens is 180 g/mol. The van der Waals surface area contributed by atoms with Gasteiger partial charge in [0, 0.05) is 7.05 Å². The van der Waals surface area contributed by atoms with Crippen molar-refractivity contribution in [3.05, 3.63) is 6.33 Å². The van der Waals surface area contributed by atoms with Gasteiger partial charge in [0.2, 0.25) is 15.0 Å². The van der Waals surface area contributed by atoms with Gasteiger partial charge in [-0.1, -0.05) is 0 Å². The molecule has 0 aliphatic carbocycles. The molecule has 12 heavy (non-hydrogen) atoms. The second-order valence-corrected chi connectivity index (χ2v) is 4.02. The maximum absolute atomic E-state index is 11.2. The summed E-state index contributed by atoms with van der Waals surface area (Å²) < 4.78 is 23.6. The van der Waals surface area contributed by atoms with Crippen LogP contribution in [0.2, 0.25) is 0 Å². The minimum Gasteiger partial charge on any atom is -0.308 e. The zero-order chi connectivity index (χ0) is 9.19. The highest BCUT2D eigenvalue weighted by atomic mass is 32.2. The number of hydrogen-bond donors (Lipinski definition) is 0. The standard InChI is InChI=1S/C5H6N4O2S/c1-9-4-7-8-5(9)12(10,11)3-2-6/h4H,3H2,1H3. The van der Waals surface area contributed by atoms with Crippen LogP contribution < -0.4 is 0 Å². The van der Waals surface area contributed by atoms with E-state index < -0.39 is 15.6 Å². The van der Waals surface area contributed by atoms with E-state index in [2.05, 4.69) is 10.2 Å². The minimum atomic E-state index is -3.57. The molecule has 7 heteroatoms. The molecule has 0 fully saturated rings. The predicted octanol–water partition coefficient (Wildman–Crippen LogP) is -0.888. The third-order valence-corrected chi connectivity index (χ3v) is 2.64. The van der Waals surface area contributed by atoms with Gasteiger partial charge >= 0.3 is 0 Å². The molecule has 0 saturated carbocycles. The van der Waals surface area contributed by atoms with Gasteiger partial charge in [0.25, 0.3) is 0 Å². The highest BCUT2D eigenvalue weighted by molar-refractivity contribution is 7.91. The van der Waals surface area contributed by atoms with Crippen molar-refractivity contribution in [2.24, 2.45) is 7.05 Å². The molecule has 1 aromatic heterocycles. The molecule has 0 amide bonds. The van der Waals surface area contributed by atoms with Gasteiger partial charge in [-0.25, -0.2) is 8.42 Å². The lowest BCUT2D eigenvalue weighted by Gasteiger charge is -1.96. The molecule has 0 unspecified atom stereocenters. The van der Waals surface area contributed by atoms with E-state index in [1.54, 1.807) is 6.07 Å². The van der Waals surface area contributed by atoms with Crippen LogP contribution in [0.4, 0.5) is 0 Å². The zero-order valence-corrected chi connectivity index (χ0v) is 7.11. The van der Waals surface area contributed by atoms with E-state index in [1.807, 2.05) is 0 Å². The summed E-state index contributed by atoms with van der Waals surface area (Å²) in [5, 5.41) is 14.8. The fourth-order valence-electron chi connectivity index (χ4n) is 0.704. The second-order valence-electron chi connectivity index (χ2n) is 2.14. The third-order valence-electron chi connectivity index (χ3n) is 1.20. The van der Waals surface area contributed by atoms with Crippen molar-refractivity contribution < 1.29 is 8.42 Å². The first-order valence-electron chi connectivity index (χ1n) is 3.01. The van der Waals surface area contributed by atoms with Gasteiger partial charge in [-0.2, -0.15) is 5.26 Å². The lowest BCUT2D eigenvalue weighted by atomic mass is 10.9. The molecule has 0 radical (unpaired) electrons. The number of rotatable bonds is 2. The van der Waals surface area contributed by atoms with Gasteiger partial charge in [-0.3, -0.25) is 0 Å². The summed E-state index contributed by atoms with van der Waals surface area (Å²) in [6.45, 7) is 0. The SMILES string of the molecule is Cn1cnnc1S(=O)(=O)CC#N. The normalized spacial score (nSPS) is 11.0. The van der Waals surface area contributed by atoms with E-state index >= 15 is 0 Å². The molecule has 0 spiro atoms. The van der Waals surface area contributed by atoms with Crippen molar-refractivity contribution in [3.8, 4) is 6.07 Å². The molecule has 1 rings (SSSR count). The summed E-state index contributed by atoms with van der Waals surface area (Å²) in [6.07, 6.45) is 1.27. The zero-order valence-electron chi connectivity index (χ0n) is 6.30.